The smallest absolute Gasteiger partial charge is 0.308 e. The molecule has 0 amide bonds. The number of hydrogen-bond donors (Lipinski definition) is 0. The van der Waals surface area contributed by atoms with Crippen LogP contribution in [0.2, 0.25) is 0 Å². The number of carbonyl (C=O) groups is 1. The van der Waals surface area contributed by atoms with E-state index >= 15 is 0 Å². The molecule has 0 saturated carbocycles. The van der Waals surface area contributed by atoms with Gasteiger partial charge in [0.2, 0.25) is 5.88 Å². The number of aryl methyl sites for hydroxylation is 2. The average molecular weight is 470 g/mol. The van der Waals surface area contributed by atoms with Gasteiger partial charge in [-0.2, -0.15) is 5.10 Å². The van der Waals surface area contributed by atoms with Crippen molar-refractivity contribution in [3.63, 3.8) is 0 Å². The average Bonchev–Trinajstić information content (AvgIpc) is 3.38. The maximum Gasteiger partial charge on any atom is 0.308 e. The van der Waals surface area contributed by atoms with Gasteiger partial charge < -0.3 is 4.74 Å². The lowest BCUT2D eigenvalue weighted by Crippen LogP contribution is -2.15. The van der Waals surface area contributed by atoms with Crippen LogP contribution in [0.4, 0.5) is 0 Å². The fraction of sp³-hybridized carbons (Fsp3) is 0.148. The molecule has 170 valence electrons. The molecule has 2 heterocycles. The van der Waals surface area contributed by atoms with E-state index in [-0.39, 0.29) is 10.7 Å². The number of thiazole rings is 1. The molecule has 6 nitrogen and oxygen atoms in total. The van der Waals surface area contributed by atoms with Crippen LogP contribution >= 0.6 is 11.3 Å². The van der Waals surface area contributed by atoms with Gasteiger partial charge >= 0.3 is 4.87 Å². The van der Waals surface area contributed by atoms with E-state index in [1.165, 1.54) is 17.5 Å². The molecule has 3 aromatic carbocycles. The standard InChI is InChI=1S/C27H23N3O3S/c1-18-21(13-14-23-24(18)30(27(32)34-23)16-19-9-5-3-6-10-19)25(31)22-15-28-29(2)26(22)33-17-20-11-7-4-8-12-20/h3-15H,16-17H2,1-2H3. The first-order valence-corrected chi connectivity index (χ1v) is 11.7. The van der Waals surface area contributed by atoms with Crippen molar-refractivity contribution in [1.29, 1.82) is 0 Å². The molecule has 0 atom stereocenters. The highest BCUT2D eigenvalue weighted by Gasteiger charge is 2.23. The molecule has 0 aliphatic heterocycles. The number of fused-ring (bicyclic) bond motifs is 1. The van der Waals surface area contributed by atoms with Crippen LogP contribution < -0.4 is 9.61 Å². The van der Waals surface area contributed by atoms with Gasteiger partial charge in [-0.15, -0.1) is 0 Å². The van der Waals surface area contributed by atoms with Gasteiger partial charge in [0.15, 0.2) is 5.78 Å². The zero-order valence-corrected chi connectivity index (χ0v) is 19.7. The summed E-state index contributed by atoms with van der Waals surface area (Å²) in [6.45, 7) is 2.68. The van der Waals surface area contributed by atoms with Gasteiger partial charge in [-0.1, -0.05) is 72.0 Å². The third-order valence-electron chi connectivity index (χ3n) is 5.86. The first-order valence-electron chi connectivity index (χ1n) is 10.9. The quantitative estimate of drug-likeness (QED) is 0.316. The molecule has 0 aliphatic carbocycles. The molecule has 0 aliphatic rings. The van der Waals surface area contributed by atoms with Gasteiger partial charge in [0.25, 0.3) is 0 Å². The molecule has 5 rings (SSSR count). The molecule has 0 bridgehead atoms. The Morgan fingerprint density at radius 2 is 1.62 bits per heavy atom. The van der Waals surface area contributed by atoms with Gasteiger partial charge in [-0.3, -0.25) is 14.2 Å². The Labute approximate surface area is 200 Å². The Morgan fingerprint density at radius 1 is 0.941 bits per heavy atom. The highest BCUT2D eigenvalue weighted by molar-refractivity contribution is 7.16. The predicted octanol–water partition coefficient (Wildman–Crippen LogP) is 4.96. The molecule has 0 N–H and O–H groups in total. The number of nitrogens with zero attached hydrogens (tertiary/aromatic N) is 3. The molecule has 0 saturated heterocycles. The molecule has 5 aromatic rings. The minimum Gasteiger partial charge on any atom is -0.472 e. The molecule has 7 heteroatoms. The molecular formula is C27H23N3O3S. The summed E-state index contributed by atoms with van der Waals surface area (Å²) in [5.41, 5.74) is 4.53. The number of carbonyl (C=O) groups excluding carboxylic acids is 1. The SMILES string of the molecule is Cc1c(C(=O)c2cnn(C)c2OCc2ccccc2)ccc2sc(=O)n(Cc3ccccc3)c12. The lowest BCUT2D eigenvalue weighted by Gasteiger charge is -2.11. The zero-order valence-electron chi connectivity index (χ0n) is 18.9. The zero-order chi connectivity index (χ0) is 23.7. The Bertz CT molecular complexity index is 1530. The first kappa shape index (κ1) is 21.9. The van der Waals surface area contributed by atoms with Crippen LogP contribution in [0, 0.1) is 6.92 Å². The highest BCUT2D eigenvalue weighted by atomic mass is 32.1. The van der Waals surface area contributed by atoms with Gasteiger partial charge in [0.05, 0.1) is 23.0 Å². The van der Waals surface area contributed by atoms with Crippen LogP contribution in [0.15, 0.2) is 83.8 Å². The van der Waals surface area contributed by atoms with Crippen LogP contribution in [0.5, 0.6) is 5.88 Å². The fourth-order valence-electron chi connectivity index (χ4n) is 4.11. The lowest BCUT2D eigenvalue weighted by atomic mass is 10.00. The van der Waals surface area contributed by atoms with Crippen molar-refractivity contribution in [2.45, 2.75) is 20.1 Å². The van der Waals surface area contributed by atoms with E-state index in [0.29, 0.717) is 30.2 Å². The normalized spacial score (nSPS) is 11.1. The molecule has 0 unspecified atom stereocenters. The maximum absolute atomic E-state index is 13.6. The van der Waals surface area contributed by atoms with Crippen LogP contribution in [0.1, 0.15) is 32.6 Å². The van der Waals surface area contributed by atoms with Gasteiger partial charge in [0, 0.05) is 12.6 Å². The van der Waals surface area contributed by atoms with E-state index in [1.807, 2.05) is 73.7 Å². The lowest BCUT2D eigenvalue weighted by molar-refractivity contribution is 0.103. The summed E-state index contributed by atoms with van der Waals surface area (Å²) in [5.74, 6) is 0.237. The summed E-state index contributed by atoms with van der Waals surface area (Å²) in [4.78, 5) is 26.4. The van der Waals surface area contributed by atoms with E-state index in [2.05, 4.69) is 5.10 Å². The summed E-state index contributed by atoms with van der Waals surface area (Å²) in [7, 11) is 1.75. The Morgan fingerprint density at radius 3 is 2.32 bits per heavy atom. The molecule has 0 fully saturated rings. The summed E-state index contributed by atoms with van der Waals surface area (Å²) in [5, 5.41) is 4.26. The Balaban J connectivity index is 1.51. The Kier molecular flexibility index (Phi) is 5.86. The van der Waals surface area contributed by atoms with Crippen molar-refractivity contribution in [3.05, 3.63) is 116 Å². The monoisotopic (exact) mass is 469 g/mol. The van der Waals surface area contributed by atoms with Crippen LogP contribution in [0.25, 0.3) is 10.2 Å². The summed E-state index contributed by atoms with van der Waals surface area (Å²) in [6.07, 6.45) is 1.54. The van der Waals surface area contributed by atoms with Gasteiger partial charge in [0.1, 0.15) is 12.2 Å². The summed E-state index contributed by atoms with van der Waals surface area (Å²) < 4.78 is 10.2. The topological polar surface area (TPSA) is 66.1 Å². The van der Waals surface area contributed by atoms with Crippen molar-refractivity contribution in [1.82, 2.24) is 14.3 Å². The summed E-state index contributed by atoms with van der Waals surface area (Å²) in [6, 6.07) is 23.3. The Hall–Kier alpha value is -3.97. The number of aromatic nitrogens is 3. The van der Waals surface area contributed by atoms with Crippen molar-refractivity contribution >= 4 is 27.3 Å². The molecule has 34 heavy (non-hydrogen) atoms. The predicted molar refractivity (Wildman–Crippen MR) is 134 cm³/mol. The second-order valence-electron chi connectivity index (χ2n) is 8.11. The van der Waals surface area contributed by atoms with Crippen molar-refractivity contribution in [2.24, 2.45) is 7.05 Å². The van der Waals surface area contributed by atoms with Crippen LogP contribution in [-0.2, 0) is 20.2 Å². The maximum atomic E-state index is 13.6. The van der Waals surface area contributed by atoms with Crippen LogP contribution in [0.3, 0.4) is 0 Å². The minimum atomic E-state index is -0.180. The number of ether oxygens (including phenoxy) is 1. The molecule has 2 aromatic heterocycles. The number of benzene rings is 3. The van der Waals surface area contributed by atoms with Gasteiger partial charge in [-0.05, 0) is 35.7 Å². The molecular weight excluding hydrogens is 446 g/mol. The number of rotatable bonds is 7. The van der Waals surface area contributed by atoms with E-state index in [1.54, 1.807) is 22.4 Å². The first-order chi connectivity index (χ1) is 16.5. The van der Waals surface area contributed by atoms with E-state index in [0.717, 1.165) is 26.9 Å². The van der Waals surface area contributed by atoms with Crippen molar-refractivity contribution < 1.29 is 9.53 Å². The third-order valence-corrected chi connectivity index (χ3v) is 6.80. The van der Waals surface area contributed by atoms with E-state index in [4.69, 9.17) is 4.74 Å². The van der Waals surface area contributed by atoms with E-state index in [9.17, 15) is 9.59 Å². The van der Waals surface area contributed by atoms with Crippen molar-refractivity contribution in [3.8, 4) is 5.88 Å². The second-order valence-corrected chi connectivity index (χ2v) is 9.11. The molecule has 0 radical (unpaired) electrons. The highest BCUT2D eigenvalue weighted by Crippen LogP contribution is 2.29. The van der Waals surface area contributed by atoms with Crippen molar-refractivity contribution in [2.75, 3.05) is 0 Å². The fourth-order valence-corrected chi connectivity index (χ4v) is 5.06. The van der Waals surface area contributed by atoms with Gasteiger partial charge in [-0.25, -0.2) is 4.68 Å². The largest absolute Gasteiger partial charge is 0.472 e. The third kappa shape index (κ3) is 4.06. The minimum absolute atomic E-state index is 0.0418. The summed E-state index contributed by atoms with van der Waals surface area (Å²) >= 11 is 1.20. The van der Waals surface area contributed by atoms with Crippen LogP contribution in [-0.4, -0.2) is 20.1 Å². The number of hydrogen-bond acceptors (Lipinski definition) is 5. The second kappa shape index (κ2) is 9.11. The number of ketones is 1. The molecule has 0 spiro atoms. The van der Waals surface area contributed by atoms with E-state index < -0.39 is 0 Å².